The molecule has 0 aliphatic carbocycles. The molecule has 2 aromatic rings. The van der Waals surface area contributed by atoms with Crippen LogP contribution in [0.1, 0.15) is 16.1 Å². The van der Waals surface area contributed by atoms with Crippen molar-refractivity contribution in [3.63, 3.8) is 0 Å². The highest BCUT2D eigenvalue weighted by atomic mass is 35.5. The first-order valence-electron chi connectivity index (χ1n) is 9.81. The third-order valence-electron chi connectivity index (χ3n) is 5.33. The first kappa shape index (κ1) is 25.2. The Morgan fingerprint density at radius 2 is 2.12 bits per heavy atom. The van der Waals surface area contributed by atoms with Gasteiger partial charge in [-0.2, -0.15) is 0 Å². The molecule has 0 spiro atoms. The van der Waals surface area contributed by atoms with E-state index in [1.807, 2.05) is 0 Å². The number of benzene rings is 1. The van der Waals surface area contributed by atoms with Crippen molar-refractivity contribution in [2.75, 3.05) is 44.6 Å². The molecule has 0 unspecified atom stereocenters. The molecule has 0 bridgehead atoms. The molecule has 1 fully saturated rings. The summed E-state index contributed by atoms with van der Waals surface area (Å²) in [5, 5.41) is 2.82. The Balaban J connectivity index is 0.00000306. The molecule has 0 saturated carbocycles. The predicted molar refractivity (Wildman–Crippen MR) is 124 cm³/mol. The number of amides is 1. The maximum Gasteiger partial charge on any atom is 0.274 e. The number of hydrogen-bond donors (Lipinski definition) is 2. The maximum atomic E-state index is 15.7. The number of halogens is 3. The van der Waals surface area contributed by atoms with Gasteiger partial charge in [0.25, 0.3) is 5.91 Å². The van der Waals surface area contributed by atoms with E-state index in [1.54, 1.807) is 13.2 Å². The summed E-state index contributed by atoms with van der Waals surface area (Å²) in [5.41, 5.74) is 2.70. The van der Waals surface area contributed by atoms with Crippen LogP contribution in [-0.4, -0.2) is 61.0 Å². The molecular formula is C21H23ClF2N4O4S. The highest BCUT2D eigenvalue weighted by Gasteiger charge is 2.61. The molecule has 3 N–H and O–H groups in total. The van der Waals surface area contributed by atoms with E-state index >= 15 is 4.39 Å². The molecular weight excluding hydrogens is 478 g/mol. The van der Waals surface area contributed by atoms with Crippen LogP contribution in [0.2, 0.25) is 0 Å². The number of amidine groups is 1. The van der Waals surface area contributed by atoms with Gasteiger partial charge in [-0.3, -0.25) is 4.79 Å². The van der Waals surface area contributed by atoms with E-state index in [0.29, 0.717) is 19.0 Å². The SMILES string of the molecule is COCCOc1ccc(C(=O)Nc2ccc(F)c([C@]34COC[C@@]3(F)CSC(N)=N4)c2)nc1.Cl. The van der Waals surface area contributed by atoms with E-state index in [1.165, 1.54) is 24.4 Å². The number of pyridine rings is 1. The third-order valence-corrected chi connectivity index (χ3v) is 6.32. The smallest absolute Gasteiger partial charge is 0.274 e. The van der Waals surface area contributed by atoms with Crippen LogP contribution in [0.25, 0.3) is 0 Å². The topological polar surface area (TPSA) is 108 Å². The van der Waals surface area contributed by atoms with Crippen molar-refractivity contribution in [3.05, 3.63) is 53.6 Å². The number of thioether (sulfide) groups is 1. The fourth-order valence-corrected chi connectivity index (χ4v) is 4.57. The second kappa shape index (κ2) is 10.2. The van der Waals surface area contributed by atoms with Crippen LogP contribution in [0.3, 0.4) is 0 Å². The molecule has 33 heavy (non-hydrogen) atoms. The third kappa shape index (κ3) is 4.91. The number of nitrogens with zero attached hydrogens (tertiary/aromatic N) is 2. The van der Waals surface area contributed by atoms with Gasteiger partial charge in [0.2, 0.25) is 0 Å². The van der Waals surface area contributed by atoms with E-state index in [-0.39, 0.29) is 53.5 Å². The van der Waals surface area contributed by atoms with Crippen molar-refractivity contribution in [3.8, 4) is 5.75 Å². The first-order chi connectivity index (χ1) is 15.4. The minimum Gasteiger partial charge on any atom is -0.490 e. The molecule has 1 aromatic carbocycles. The molecule has 0 radical (unpaired) electrons. The molecule has 4 rings (SSSR count). The molecule has 3 heterocycles. The Morgan fingerprint density at radius 1 is 1.30 bits per heavy atom. The Kier molecular flexibility index (Phi) is 7.78. The average Bonchev–Trinajstić information content (AvgIpc) is 3.13. The Morgan fingerprint density at radius 3 is 2.85 bits per heavy atom. The number of alkyl halides is 1. The number of aromatic nitrogens is 1. The van der Waals surface area contributed by atoms with Crippen molar-refractivity contribution in [2.45, 2.75) is 11.2 Å². The second-order valence-corrected chi connectivity index (χ2v) is 8.42. The molecule has 12 heteroatoms. The zero-order chi connectivity index (χ0) is 22.8. The zero-order valence-electron chi connectivity index (χ0n) is 17.7. The largest absolute Gasteiger partial charge is 0.490 e. The van der Waals surface area contributed by atoms with Gasteiger partial charge in [-0.25, -0.2) is 18.8 Å². The number of fused-ring (bicyclic) bond motifs is 1. The van der Waals surface area contributed by atoms with Gasteiger partial charge in [0.15, 0.2) is 16.4 Å². The van der Waals surface area contributed by atoms with Crippen LogP contribution in [0.4, 0.5) is 14.5 Å². The van der Waals surface area contributed by atoms with Crippen molar-refractivity contribution in [1.82, 2.24) is 4.98 Å². The quantitative estimate of drug-likeness (QED) is 0.563. The molecule has 8 nitrogen and oxygen atoms in total. The van der Waals surface area contributed by atoms with Crippen molar-refractivity contribution in [1.29, 1.82) is 0 Å². The minimum absolute atomic E-state index is 0. The predicted octanol–water partition coefficient (Wildman–Crippen LogP) is 2.92. The van der Waals surface area contributed by atoms with Gasteiger partial charge >= 0.3 is 0 Å². The van der Waals surface area contributed by atoms with Gasteiger partial charge in [-0.15, -0.1) is 12.4 Å². The van der Waals surface area contributed by atoms with E-state index in [2.05, 4.69) is 15.3 Å². The first-order valence-corrected chi connectivity index (χ1v) is 10.8. The maximum absolute atomic E-state index is 15.7. The van der Waals surface area contributed by atoms with Crippen LogP contribution < -0.4 is 15.8 Å². The molecule has 1 amide bonds. The lowest BCUT2D eigenvalue weighted by molar-refractivity contribution is 0.102. The molecule has 2 aliphatic rings. The second-order valence-electron chi connectivity index (χ2n) is 7.43. The van der Waals surface area contributed by atoms with Crippen LogP contribution in [0, 0.1) is 5.82 Å². The Labute approximate surface area is 199 Å². The molecule has 2 aliphatic heterocycles. The molecule has 1 aromatic heterocycles. The Hall–Kier alpha value is -2.47. The summed E-state index contributed by atoms with van der Waals surface area (Å²) in [6.07, 6.45) is 1.42. The summed E-state index contributed by atoms with van der Waals surface area (Å²) < 4.78 is 46.2. The number of ether oxygens (including phenoxy) is 3. The van der Waals surface area contributed by atoms with Gasteiger partial charge in [-0.1, -0.05) is 11.8 Å². The summed E-state index contributed by atoms with van der Waals surface area (Å²) in [7, 11) is 1.57. The number of anilines is 1. The normalized spacial score (nSPS) is 23.8. The van der Waals surface area contributed by atoms with Gasteiger partial charge in [0, 0.05) is 24.1 Å². The van der Waals surface area contributed by atoms with Gasteiger partial charge in [0.1, 0.15) is 23.9 Å². The number of nitrogens with two attached hydrogens (primary N) is 1. The lowest BCUT2D eigenvalue weighted by Crippen LogP contribution is -2.52. The summed E-state index contributed by atoms with van der Waals surface area (Å²) >= 11 is 1.07. The lowest BCUT2D eigenvalue weighted by Gasteiger charge is -2.38. The number of aliphatic imine (C=N–C) groups is 1. The zero-order valence-corrected chi connectivity index (χ0v) is 19.3. The summed E-state index contributed by atoms with van der Waals surface area (Å²) in [4.78, 5) is 21.0. The van der Waals surface area contributed by atoms with E-state index in [4.69, 9.17) is 19.9 Å². The fraction of sp³-hybridized carbons (Fsp3) is 0.381. The Bertz CT molecular complexity index is 1050. The standard InChI is InChI=1S/C21H22F2N4O4S.ClH/c1-29-6-7-31-14-3-5-17(25-9-14)18(28)26-13-2-4-16(22)15(8-13)21-11-30-10-20(21,23)12-32-19(24)27-21;/h2-5,8-9H,6-7,10-12H2,1H3,(H2,24,27)(H,26,28);1H/t20-,21-;/m1./s1. The van der Waals surface area contributed by atoms with Gasteiger partial charge in [0.05, 0.1) is 26.0 Å². The number of methoxy groups -OCH3 is 1. The molecule has 178 valence electrons. The van der Waals surface area contributed by atoms with Crippen LogP contribution >= 0.6 is 24.2 Å². The summed E-state index contributed by atoms with van der Waals surface area (Å²) in [5.74, 6) is -0.677. The number of carbonyl (C=O) groups is 1. The lowest BCUT2D eigenvalue weighted by atomic mass is 9.79. The fourth-order valence-electron chi connectivity index (χ4n) is 3.65. The van der Waals surface area contributed by atoms with Crippen molar-refractivity contribution in [2.24, 2.45) is 10.7 Å². The van der Waals surface area contributed by atoms with E-state index in [9.17, 15) is 9.18 Å². The molecule has 1 saturated heterocycles. The van der Waals surface area contributed by atoms with Gasteiger partial charge in [-0.05, 0) is 30.3 Å². The minimum atomic E-state index is -1.91. The van der Waals surface area contributed by atoms with Crippen molar-refractivity contribution >= 4 is 40.9 Å². The summed E-state index contributed by atoms with van der Waals surface area (Å²) in [6.45, 7) is 0.423. The van der Waals surface area contributed by atoms with Gasteiger partial charge < -0.3 is 25.3 Å². The van der Waals surface area contributed by atoms with Crippen LogP contribution in [0.15, 0.2) is 41.5 Å². The highest BCUT2D eigenvalue weighted by Crippen LogP contribution is 2.50. The van der Waals surface area contributed by atoms with Crippen LogP contribution in [-0.2, 0) is 15.0 Å². The highest BCUT2D eigenvalue weighted by molar-refractivity contribution is 8.13. The number of carbonyl (C=O) groups excluding carboxylic acids is 1. The summed E-state index contributed by atoms with van der Waals surface area (Å²) in [6, 6.07) is 7.02. The van der Waals surface area contributed by atoms with E-state index in [0.717, 1.165) is 17.8 Å². The number of nitrogens with one attached hydrogen (secondary N) is 1. The number of hydrogen-bond acceptors (Lipinski definition) is 8. The van der Waals surface area contributed by atoms with Crippen LogP contribution in [0.5, 0.6) is 5.75 Å². The van der Waals surface area contributed by atoms with Crippen molar-refractivity contribution < 1.29 is 27.8 Å². The number of rotatable bonds is 7. The molecule has 2 atom stereocenters. The monoisotopic (exact) mass is 500 g/mol. The average molecular weight is 501 g/mol. The van der Waals surface area contributed by atoms with E-state index < -0.39 is 22.9 Å².